The number of anilines is 1. The Balaban J connectivity index is 1.81. The molecule has 0 aliphatic heterocycles. The molecular formula is C27H32ClN3O4S3. The van der Waals surface area contributed by atoms with Gasteiger partial charge in [-0.05, 0) is 58.2 Å². The number of ether oxygens (including phenoxy) is 2. The molecule has 0 fully saturated rings. The minimum atomic E-state index is -0.663. The van der Waals surface area contributed by atoms with E-state index in [4.69, 9.17) is 26.8 Å². The molecule has 11 heteroatoms. The van der Waals surface area contributed by atoms with Crippen LogP contribution in [0.5, 0.6) is 0 Å². The average molecular weight is 594 g/mol. The van der Waals surface area contributed by atoms with E-state index in [9.17, 15) is 9.59 Å². The Morgan fingerprint density at radius 3 is 2.71 bits per heavy atom. The van der Waals surface area contributed by atoms with E-state index in [0.29, 0.717) is 42.4 Å². The Morgan fingerprint density at radius 1 is 1.34 bits per heavy atom. The lowest BCUT2D eigenvalue weighted by atomic mass is 9.84. The van der Waals surface area contributed by atoms with Gasteiger partial charge < -0.3 is 15.2 Å². The Bertz CT molecular complexity index is 1350. The topological polar surface area (TPSA) is 94.8 Å². The number of carbonyl (C=O) groups excluding carboxylic acids is 2. The summed E-state index contributed by atoms with van der Waals surface area (Å²) >= 11 is 11.3. The maximum Gasteiger partial charge on any atom is 0.415 e. The summed E-state index contributed by atoms with van der Waals surface area (Å²) in [5.41, 5.74) is 7.99. The van der Waals surface area contributed by atoms with Gasteiger partial charge in [-0.25, -0.2) is 14.6 Å². The first-order chi connectivity index (χ1) is 18.0. The van der Waals surface area contributed by atoms with E-state index in [0.717, 1.165) is 24.9 Å². The molecule has 0 aromatic carbocycles. The summed E-state index contributed by atoms with van der Waals surface area (Å²) in [6, 6.07) is 5.42. The van der Waals surface area contributed by atoms with Gasteiger partial charge in [-0.2, -0.15) is 0 Å². The highest BCUT2D eigenvalue weighted by atomic mass is 35.5. The van der Waals surface area contributed by atoms with Crippen LogP contribution >= 0.6 is 46.0 Å². The highest BCUT2D eigenvalue weighted by Crippen LogP contribution is 2.48. The summed E-state index contributed by atoms with van der Waals surface area (Å²) < 4.78 is 11.8. The highest BCUT2D eigenvalue weighted by Gasteiger charge is 2.33. The molecule has 3 aromatic rings. The molecule has 1 amide bonds. The molecular weight excluding hydrogens is 562 g/mol. The van der Waals surface area contributed by atoms with Gasteiger partial charge in [0.25, 0.3) is 0 Å². The molecule has 38 heavy (non-hydrogen) atoms. The fraction of sp³-hybridized carbons (Fsp3) is 0.444. The molecule has 2 atom stereocenters. The number of hydrogen-bond acceptors (Lipinski definition) is 9. The molecule has 3 aromatic heterocycles. The van der Waals surface area contributed by atoms with Crippen molar-refractivity contribution in [3.05, 3.63) is 50.1 Å². The number of fused-ring (bicyclic) bond motifs is 1. The van der Waals surface area contributed by atoms with Crippen molar-refractivity contribution < 1.29 is 19.1 Å². The van der Waals surface area contributed by atoms with Crippen molar-refractivity contribution in [3.8, 4) is 0 Å². The number of amides is 1. The Hall–Kier alpha value is -2.11. The monoisotopic (exact) mass is 593 g/mol. The van der Waals surface area contributed by atoms with Crippen LogP contribution in [0.3, 0.4) is 0 Å². The zero-order valence-electron chi connectivity index (χ0n) is 22.1. The SMILES string of the molecule is CCOC(=O)C1=CC[C@H](c2sc3c(N(Cc4cccs4)C(=O)OC(C)(C)C)cc(Cl)nc3c2SC)[C@@H](N)C1. The number of nitrogens with zero attached hydrogens (tertiary/aromatic N) is 2. The van der Waals surface area contributed by atoms with E-state index >= 15 is 0 Å². The lowest BCUT2D eigenvalue weighted by Gasteiger charge is -2.28. The minimum absolute atomic E-state index is 0.00581. The minimum Gasteiger partial charge on any atom is -0.463 e. The van der Waals surface area contributed by atoms with Gasteiger partial charge in [0.15, 0.2) is 0 Å². The Labute approximate surface area is 240 Å². The number of halogens is 1. The van der Waals surface area contributed by atoms with Crippen LogP contribution in [-0.2, 0) is 20.8 Å². The summed E-state index contributed by atoms with van der Waals surface area (Å²) in [7, 11) is 0. The second-order valence-corrected chi connectivity index (χ2v) is 13.2. The van der Waals surface area contributed by atoms with Crippen LogP contribution in [0, 0.1) is 0 Å². The number of rotatable bonds is 7. The van der Waals surface area contributed by atoms with E-state index in [-0.39, 0.29) is 17.9 Å². The zero-order valence-corrected chi connectivity index (χ0v) is 25.3. The van der Waals surface area contributed by atoms with Crippen molar-refractivity contribution in [2.24, 2.45) is 5.73 Å². The van der Waals surface area contributed by atoms with Gasteiger partial charge in [0.1, 0.15) is 10.8 Å². The van der Waals surface area contributed by atoms with Crippen LogP contribution in [0.1, 0.15) is 56.2 Å². The van der Waals surface area contributed by atoms with Crippen LogP contribution in [0.25, 0.3) is 10.2 Å². The summed E-state index contributed by atoms with van der Waals surface area (Å²) in [5.74, 6) is -0.311. The predicted molar refractivity (Wildman–Crippen MR) is 158 cm³/mol. The lowest BCUT2D eigenvalue weighted by molar-refractivity contribution is -0.138. The van der Waals surface area contributed by atoms with E-state index in [1.54, 1.807) is 52.3 Å². The maximum atomic E-state index is 13.5. The number of aromatic nitrogens is 1. The van der Waals surface area contributed by atoms with Gasteiger partial charge in [-0.3, -0.25) is 4.90 Å². The van der Waals surface area contributed by atoms with Gasteiger partial charge >= 0.3 is 12.1 Å². The van der Waals surface area contributed by atoms with Gasteiger partial charge in [0.2, 0.25) is 0 Å². The fourth-order valence-corrected chi connectivity index (χ4v) is 7.76. The molecule has 3 heterocycles. The molecule has 0 radical (unpaired) electrons. The van der Waals surface area contributed by atoms with Crippen LogP contribution in [0.4, 0.5) is 10.5 Å². The quantitative estimate of drug-likeness (QED) is 0.174. The summed E-state index contributed by atoms with van der Waals surface area (Å²) in [4.78, 5) is 35.2. The lowest BCUT2D eigenvalue weighted by Crippen LogP contribution is -2.36. The van der Waals surface area contributed by atoms with E-state index in [1.807, 2.05) is 50.6 Å². The van der Waals surface area contributed by atoms with Crippen LogP contribution < -0.4 is 10.6 Å². The summed E-state index contributed by atoms with van der Waals surface area (Å²) in [6.07, 6.45) is 4.54. The molecule has 204 valence electrons. The maximum absolute atomic E-state index is 13.5. The van der Waals surface area contributed by atoms with Crippen LogP contribution in [-0.4, -0.2) is 41.6 Å². The van der Waals surface area contributed by atoms with Gasteiger partial charge in [-0.15, -0.1) is 34.4 Å². The third-order valence-corrected chi connectivity index (χ3v) is 9.38. The van der Waals surface area contributed by atoms with Crippen LogP contribution in [0.2, 0.25) is 5.15 Å². The average Bonchev–Trinajstić information content (AvgIpc) is 3.48. The molecule has 0 spiro atoms. The standard InChI is InChI=1S/C27H32ClN3O4S3/c1-6-34-25(32)15-9-10-17(18(29)12-15)22-24(36-5)21-23(38-22)19(13-20(28)30-21)31(14-16-8-7-11-37-16)26(33)35-27(2,3)4/h7-9,11,13,17-18H,6,10,12,14,29H2,1-5H3/t17-,18-/m0/s1. The van der Waals surface area contributed by atoms with E-state index in [1.165, 1.54) is 0 Å². The van der Waals surface area contributed by atoms with Crippen molar-refractivity contribution >= 4 is 74.0 Å². The molecule has 2 N–H and O–H groups in total. The van der Waals surface area contributed by atoms with Gasteiger partial charge in [0, 0.05) is 38.2 Å². The first-order valence-electron chi connectivity index (χ1n) is 12.3. The van der Waals surface area contributed by atoms with Crippen molar-refractivity contribution in [3.63, 3.8) is 0 Å². The van der Waals surface area contributed by atoms with Gasteiger partial charge in [-0.1, -0.05) is 23.7 Å². The first-order valence-corrected chi connectivity index (χ1v) is 15.6. The second-order valence-electron chi connectivity index (χ2n) is 9.95. The van der Waals surface area contributed by atoms with Crippen molar-refractivity contribution in [2.75, 3.05) is 17.8 Å². The molecule has 7 nitrogen and oxygen atoms in total. The molecule has 0 saturated heterocycles. The van der Waals surface area contributed by atoms with Crippen LogP contribution in [0.15, 0.2) is 40.1 Å². The fourth-order valence-electron chi connectivity index (χ4n) is 4.40. The Morgan fingerprint density at radius 2 is 2.11 bits per heavy atom. The van der Waals surface area contributed by atoms with Crippen molar-refractivity contribution in [1.82, 2.24) is 4.98 Å². The molecule has 4 rings (SSSR count). The normalized spacial score (nSPS) is 17.8. The molecule has 1 aliphatic rings. The van der Waals surface area contributed by atoms with Crippen molar-refractivity contribution in [1.29, 1.82) is 0 Å². The summed E-state index contributed by atoms with van der Waals surface area (Å²) in [6.45, 7) is 8.01. The first kappa shape index (κ1) is 28.9. The third kappa shape index (κ3) is 6.37. The number of nitrogens with two attached hydrogens (primary N) is 1. The largest absolute Gasteiger partial charge is 0.463 e. The number of thiophene rings is 2. The number of carbonyl (C=O) groups is 2. The molecule has 0 bridgehead atoms. The molecule has 0 saturated carbocycles. The predicted octanol–water partition coefficient (Wildman–Crippen LogP) is 7.37. The summed E-state index contributed by atoms with van der Waals surface area (Å²) in [5, 5.41) is 2.28. The number of allylic oxidation sites excluding steroid dienone is 1. The highest BCUT2D eigenvalue weighted by molar-refractivity contribution is 7.99. The van der Waals surface area contributed by atoms with E-state index in [2.05, 4.69) is 4.98 Å². The van der Waals surface area contributed by atoms with Crippen molar-refractivity contribution in [2.45, 2.75) is 69.5 Å². The molecule has 1 aliphatic carbocycles. The zero-order chi connectivity index (χ0) is 27.6. The molecule has 0 unspecified atom stereocenters. The number of hydrogen-bond donors (Lipinski definition) is 1. The number of esters is 1. The smallest absolute Gasteiger partial charge is 0.415 e. The second kappa shape index (κ2) is 12.0. The van der Waals surface area contributed by atoms with Gasteiger partial charge in [0.05, 0.1) is 29.1 Å². The number of pyridine rings is 1. The third-order valence-electron chi connectivity index (χ3n) is 6.04. The number of thioether (sulfide) groups is 1. The Kier molecular flexibility index (Phi) is 9.09. The van der Waals surface area contributed by atoms with E-state index < -0.39 is 11.7 Å².